The third kappa shape index (κ3) is 4.17. The monoisotopic (exact) mass is 385 g/mol. The molecule has 1 atom stereocenters. The zero-order valence-corrected chi connectivity index (χ0v) is 16.1. The minimum atomic E-state index is -0.878. The molecule has 3 heterocycles. The minimum absolute atomic E-state index is 0.234. The number of aromatic nitrogens is 4. The molecule has 0 saturated carbocycles. The molecule has 8 heteroatoms. The van der Waals surface area contributed by atoms with Crippen molar-refractivity contribution >= 4 is 28.1 Å². The summed E-state index contributed by atoms with van der Waals surface area (Å²) in [4.78, 5) is 8.65. The van der Waals surface area contributed by atoms with Gasteiger partial charge in [0.1, 0.15) is 12.1 Å². The molecule has 0 radical (unpaired) electrons. The molecule has 1 aliphatic rings. The highest BCUT2D eigenvalue weighted by Gasteiger charge is 2.20. The summed E-state index contributed by atoms with van der Waals surface area (Å²) in [7, 11) is -0.878. The van der Waals surface area contributed by atoms with Crippen molar-refractivity contribution < 1.29 is 8.95 Å². The summed E-state index contributed by atoms with van der Waals surface area (Å²) < 4.78 is 19.7. The Labute approximate surface area is 160 Å². The van der Waals surface area contributed by atoms with Crippen LogP contribution in [-0.2, 0) is 27.7 Å². The molecule has 27 heavy (non-hydrogen) atoms. The van der Waals surface area contributed by atoms with Crippen molar-refractivity contribution in [2.24, 2.45) is 0 Å². The molecule has 1 unspecified atom stereocenters. The van der Waals surface area contributed by atoms with Crippen LogP contribution in [0.3, 0.4) is 0 Å². The van der Waals surface area contributed by atoms with E-state index in [4.69, 9.17) is 4.74 Å². The molecule has 1 N–H and O–H groups in total. The number of fused-ring (bicyclic) bond motifs is 1. The van der Waals surface area contributed by atoms with Gasteiger partial charge >= 0.3 is 0 Å². The minimum Gasteiger partial charge on any atom is -0.381 e. The van der Waals surface area contributed by atoms with Gasteiger partial charge in [0.25, 0.3) is 5.78 Å². The molecule has 7 nitrogen and oxygen atoms in total. The summed E-state index contributed by atoms with van der Waals surface area (Å²) in [6.45, 7) is 3.49. The average Bonchev–Trinajstić information content (AvgIpc) is 3.18. The van der Waals surface area contributed by atoms with E-state index in [0.717, 1.165) is 42.0 Å². The molecular weight excluding hydrogens is 362 g/mol. The van der Waals surface area contributed by atoms with Crippen LogP contribution in [0.15, 0.2) is 36.7 Å². The van der Waals surface area contributed by atoms with E-state index in [2.05, 4.69) is 27.3 Å². The first-order valence-electron chi connectivity index (χ1n) is 9.23. The molecule has 0 spiro atoms. The zero-order chi connectivity index (χ0) is 18.6. The largest absolute Gasteiger partial charge is 0.381 e. The number of hydrogen-bond donors (Lipinski definition) is 1. The Hall–Kier alpha value is -2.32. The Kier molecular flexibility index (Phi) is 5.45. The van der Waals surface area contributed by atoms with Gasteiger partial charge in [0.05, 0.1) is 0 Å². The topological polar surface area (TPSA) is 81.4 Å². The van der Waals surface area contributed by atoms with Gasteiger partial charge in [-0.2, -0.15) is 14.6 Å². The highest BCUT2D eigenvalue weighted by molar-refractivity contribution is 7.84. The maximum absolute atomic E-state index is 12.7. The van der Waals surface area contributed by atoms with Gasteiger partial charge in [0.15, 0.2) is 0 Å². The molecule has 2 aromatic heterocycles. The van der Waals surface area contributed by atoms with Gasteiger partial charge in [-0.25, -0.2) is 4.98 Å². The van der Waals surface area contributed by atoms with Crippen molar-refractivity contribution in [3.05, 3.63) is 47.9 Å². The Morgan fingerprint density at radius 2 is 2.15 bits per heavy atom. The number of hydrogen-bond acceptors (Lipinski definition) is 6. The first-order valence-corrected chi connectivity index (χ1v) is 10.6. The normalized spacial score (nSPS) is 16.5. The molecule has 1 aliphatic heterocycles. The average molecular weight is 385 g/mol. The maximum Gasteiger partial charge on any atom is 0.254 e. The van der Waals surface area contributed by atoms with Gasteiger partial charge in [-0.05, 0) is 37.0 Å². The predicted octanol–water partition coefficient (Wildman–Crippen LogP) is 2.86. The second-order valence-electron chi connectivity index (χ2n) is 6.62. The van der Waals surface area contributed by atoms with E-state index in [1.54, 1.807) is 4.52 Å². The summed E-state index contributed by atoms with van der Waals surface area (Å²) in [5.41, 5.74) is 2.95. The van der Waals surface area contributed by atoms with Crippen LogP contribution in [0.4, 0.5) is 11.5 Å². The predicted molar refractivity (Wildman–Crippen MR) is 106 cm³/mol. The molecule has 0 bridgehead atoms. The Morgan fingerprint density at radius 1 is 1.30 bits per heavy atom. The summed E-state index contributed by atoms with van der Waals surface area (Å²) in [5, 5.41) is 7.88. The number of anilines is 2. The number of aryl methyl sites for hydroxylation is 1. The quantitative estimate of drug-likeness (QED) is 0.703. The zero-order valence-electron chi connectivity index (χ0n) is 15.3. The molecule has 4 rings (SSSR count). The van der Waals surface area contributed by atoms with Crippen molar-refractivity contribution in [2.75, 3.05) is 18.5 Å². The van der Waals surface area contributed by atoms with E-state index in [0.29, 0.717) is 24.7 Å². The van der Waals surface area contributed by atoms with E-state index in [9.17, 15) is 4.21 Å². The second-order valence-corrected chi connectivity index (χ2v) is 8.34. The van der Waals surface area contributed by atoms with E-state index in [1.165, 1.54) is 6.33 Å². The Morgan fingerprint density at radius 3 is 2.96 bits per heavy atom. The first-order chi connectivity index (χ1) is 13.2. The van der Waals surface area contributed by atoms with Crippen LogP contribution in [0.2, 0.25) is 0 Å². The fraction of sp³-hybridized carbons (Fsp3) is 0.421. The standard InChI is InChI=1S/C19H23N5O2S/c1-2-15-11-18(24-19(23-15)20-13-21-24)22-16-5-3-4-14(10-16)12-27(25)17-6-8-26-9-7-17/h3-5,10-11,13,17,22H,2,6-9,12H2,1H3. The van der Waals surface area contributed by atoms with Crippen molar-refractivity contribution in [1.29, 1.82) is 0 Å². The van der Waals surface area contributed by atoms with E-state index in [1.807, 2.05) is 30.3 Å². The van der Waals surface area contributed by atoms with Gasteiger partial charge in [0, 0.05) is 52.5 Å². The van der Waals surface area contributed by atoms with Crippen molar-refractivity contribution in [3.63, 3.8) is 0 Å². The lowest BCUT2D eigenvalue weighted by molar-refractivity contribution is 0.0992. The highest BCUT2D eigenvalue weighted by atomic mass is 32.2. The number of rotatable bonds is 6. The van der Waals surface area contributed by atoms with Crippen LogP contribution in [0.5, 0.6) is 0 Å². The summed E-state index contributed by atoms with van der Waals surface area (Å²) in [6, 6.07) is 10.0. The van der Waals surface area contributed by atoms with Crippen molar-refractivity contribution in [1.82, 2.24) is 19.6 Å². The third-order valence-corrected chi connectivity index (χ3v) is 6.55. The SMILES string of the molecule is CCc1cc(Nc2cccc(CS(=O)C3CCOCC3)c2)n2ncnc2n1. The number of benzene rings is 1. The lowest BCUT2D eigenvalue weighted by Crippen LogP contribution is -2.25. The van der Waals surface area contributed by atoms with Crippen LogP contribution in [0, 0.1) is 0 Å². The lowest BCUT2D eigenvalue weighted by Gasteiger charge is -2.21. The molecular formula is C19H23N5O2S. The van der Waals surface area contributed by atoms with Crippen molar-refractivity contribution in [3.8, 4) is 0 Å². The Bertz CT molecular complexity index is 952. The molecule has 1 fully saturated rings. The second kappa shape index (κ2) is 8.14. The molecule has 0 aliphatic carbocycles. The molecule has 0 amide bonds. The van der Waals surface area contributed by atoms with Gasteiger partial charge in [0.2, 0.25) is 0 Å². The molecule has 3 aromatic rings. The smallest absolute Gasteiger partial charge is 0.254 e. The number of nitrogens with one attached hydrogen (secondary N) is 1. The Balaban J connectivity index is 1.53. The van der Waals surface area contributed by atoms with Gasteiger partial charge in [-0.3, -0.25) is 4.21 Å². The van der Waals surface area contributed by atoms with Crippen LogP contribution in [0.25, 0.3) is 5.78 Å². The van der Waals surface area contributed by atoms with Gasteiger partial charge in [-0.1, -0.05) is 19.1 Å². The van der Waals surface area contributed by atoms with Crippen LogP contribution in [0.1, 0.15) is 31.0 Å². The van der Waals surface area contributed by atoms with Crippen LogP contribution >= 0.6 is 0 Å². The molecule has 1 saturated heterocycles. The molecule has 142 valence electrons. The third-order valence-electron chi connectivity index (χ3n) is 4.72. The van der Waals surface area contributed by atoms with E-state index in [-0.39, 0.29) is 5.25 Å². The number of nitrogens with zero attached hydrogens (tertiary/aromatic N) is 4. The number of ether oxygens (including phenoxy) is 1. The van der Waals surface area contributed by atoms with Crippen molar-refractivity contribution in [2.45, 2.75) is 37.2 Å². The van der Waals surface area contributed by atoms with Crippen LogP contribution in [-0.4, -0.2) is 42.3 Å². The molecule has 1 aromatic carbocycles. The maximum atomic E-state index is 12.7. The summed E-state index contributed by atoms with van der Waals surface area (Å²) in [6.07, 6.45) is 4.08. The van der Waals surface area contributed by atoms with Gasteiger partial charge in [-0.15, -0.1) is 0 Å². The highest BCUT2D eigenvalue weighted by Crippen LogP contribution is 2.22. The fourth-order valence-electron chi connectivity index (χ4n) is 3.24. The van der Waals surface area contributed by atoms with Gasteiger partial charge < -0.3 is 10.1 Å². The summed E-state index contributed by atoms with van der Waals surface area (Å²) >= 11 is 0. The van der Waals surface area contributed by atoms with Crippen LogP contribution < -0.4 is 5.32 Å². The summed E-state index contributed by atoms with van der Waals surface area (Å²) in [5.74, 6) is 1.96. The fourth-order valence-corrected chi connectivity index (χ4v) is 4.70. The first kappa shape index (κ1) is 18.1. The van der Waals surface area contributed by atoms with E-state index < -0.39 is 10.8 Å². The lowest BCUT2D eigenvalue weighted by atomic mass is 10.2. The van der Waals surface area contributed by atoms with E-state index >= 15 is 0 Å².